The summed E-state index contributed by atoms with van der Waals surface area (Å²) in [6, 6.07) is 14.6. The number of aliphatic hydroxyl groups excluding tert-OH is 1. The third kappa shape index (κ3) is 3.37. The minimum Gasteiger partial charge on any atom is -0.508 e. The molecular weight excluding hydrogens is 414 g/mol. The van der Waals surface area contributed by atoms with Crippen LogP contribution >= 0.6 is 11.3 Å². The number of carbonyl (C=O) groups is 2. The van der Waals surface area contributed by atoms with Crippen LogP contribution in [0.15, 0.2) is 65.6 Å². The first-order valence-electron chi connectivity index (χ1n) is 9.89. The molecule has 0 spiro atoms. The molecule has 5 rings (SSSR count). The fourth-order valence-electron chi connectivity index (χ4n) is 4.14. The highest BCUT2D eigenvalue weighted by molar-refractivity contribution is 7.09. The van der Waals surface area contributed by atoms with Gasteiger partial charge in [0.2, 0.25) is 0 Å². The van der Waals surface area contributed by atoms with E-state index in [0.717, 1.165) is 22.6 Å². The minimum atomic E-state index is -0.807. The van der Waals surface area contributed by atoms with E-state index < -0.39 is 17.7 Å². The number of phenolic OH excluding ortho intramolecular Hbond substituents is 1. The molecule has 1 saturated heterocycles. The van der Waals surface area contributed by atoms with Gasteiger partial charge in [0.25, 0.3) is 11.7 Å². The number of nitrogens with zero attached hydrogens (tertiary/aromatic N) is 1. The van der Waals surface area contributed by atoms with Crippen molar-refractivity contribution in [2.75, 3.05) is 6.61 Å². The lowest BCUT2D eigenvalue weighted by Crippen LogP contribution is -2.28. The number of hydrogen-bond acceptors (Lipinski definition) is 6. The highest BCUT2D eigenvalue weighted by Gasteiger charge is 2.46. The monoisotopic (exact) mass is 433 g/mol. The molecule has 1 amide bonds. The molecule has 0 radical (unpaired) electrons. The van der Waals surface area contributed by atoms with Gasteiger partial charge >= 0.3 is 0 Å². The molecule has 6 nitrogen and oxygen atoms in total. The number of hydrogen-bond donors (Lipinski definition) is 2. The predicted octanol–water partition coefficient (Wildman–Crippen LogP) is 4.01. The zero-order chi connectivity index (χ0) is 21.5. The summed E-state index contributed by atoms with van der Waals surface area (Å²) in [6.07, 6.45) is 0.721. The van der Waals surface area contributed by atoms with Gasteiger partial charge in [0.05, 0.1) is 24.8 Å². The number of Topliss-reactive ketones (excluding diaryl/α,β-unsaturated/α-hetero) is 1. The predicted molar refractivity (Wildman–Crippen MR) is 116 cm³/mol. The maximum absolute atomic E-state index is 13.1. The molecule has 1 unspecified atom stereocenters. The van der Waals surface area contributed by atoms with E-state index in [2.05, 4.69) is 0 Å². The van der Waals surface area contributed by atoms with Crippen LogP contribution in [0.4, 0.5) is 0 Å². The Bertz CT molecular complexity index is 1210. The lowest BCUT2D eigenvalue weighted by atomic mass is 9.94. The maximum Gasteiger partial charge on any atom is 0.295 e. The number of likely N-dealkylation sites (tertiary alicyclic amines) is 1. The third-order valence-corrected chi connectivity index (χ3v) is 6.46. The number of carbonyl (C=O) groups excluding carboxylic acids is 2. The van der Waals surface area contributed by atoms with Gasteiger partial charge in [-0.05, 0) is 52.9 Å². The fourth-order valence-corrected chi connectivity index (χ4v) is 4.85. The molecule has 3 heterocycles. The van der Waals surface area contributed by atoms with Crippen LogP contribution < -0.4 is 4.74 Å². The van der Waals surface area contributed by atoms with Crippen LogP contribution in [0.25, 0.3) is 5.76 Å². The van der Waals surface area contributed by atoms with Crippen LogP contribution in [0, 0.1) is 0 Å². The van der Waals surface area contributed by atoms with Crippen LogP contribution in [-0.4, -0.2) is 33.4 Å². The minimum absolute atomic E-state index is 0.0195. The van der Waals surface area contributed by atoms with Crippen molar-refractivity contribution in [3.05, 3.63) is 87.1 Å². The summed E-state index contributed by atoms with van der Waals surface area (Å²) < 4.78 is 5.52. The Morgan fingerprint density at radius 2 is 2.00 bits per heavy atom. The average molecular weight is 433 g/mol. The first-order valence-corrected chi connectivity index (χ1v) is 10.8. The summed E-state index contributed by atoms with van der Waals surface area (Å²) in [5.74, 6) is -0.852. The number of aliphatic hydroxyl groups is 1. The number of amides is 1. The standard InChI is InChI=1S/C24H19NO5S/c26-17-4-1-3-15(12-17)21-20(22(27)16-6-7-19-14(11-16)8-9-30-19)23(28)24(29)25(21)13-18-5-2-10-31-18/h1-7,10-12,21,26-27H,8-9,13H2/b22-20-. The Morgan fingerprint density at radius 3 is 2.77 bits per heavy atom. The third-order valence-electron chi connectivity index (χ3n) is 5.60. The Balaban J connectivity index is 1.65. The number of ether oxygens (including phenoxy) is 1. The van der Waals surface area contributed by atoms with Gasteiger partial charge in [0, 0.05) is 16.9 Å². The normalized spacial score (nSPS) is 19.5. The van der Waals surface area contributed by atoms with Crippen molar-refractivity contribution >= 4 is 28.8 Å². The molecule has 0 saturated carbocycles. The molecule has 1 atom stereocenters. The molecule has 0 aliphatic carbocycles. The number of aromatic hydroxyl groups is 1. The number of thiophene rings is 1. The van der Waals surface area contributed by atoms with Gasteiger partial charge in [-0.2, -0.15) is 0 Å². The van der Waals surface area contributed by atoms with Crippen molar-refractivity contribution in [1.82, 2.24) is 4.90 Å². The van der Waals surface area contributed by atoms with Crippen molar-refractivity contribution < 1.29 is 24.5 Å². The summed E-state index contributed by atoms with van der Waals surface area (Å²) in [5.41, 5.74) is 1.99. The molecule has 2 aromatic carbocycles. The van der Waals surface area contributed by atoms with E-state index in [1.165, 1.54) is 28.4 Å². The van der Waals surface area contributed by atoms with Crippen molar-refractivity contribution in [2.24, 2.45) is 0 Å². The number of benzene rings is 2. The van der Waals surface area contributed by atoms with Crippen LogP contribution in [0.1, 0.15) is 27.6 Å². The van der Waals surface area contributed by atoms with Crippen molar-refractivity contribution in [3.63, 3.8) is 0 Å². The van der Waals surface area contributed by atoms with Gasteiger partial charge in [-0.15, -0.1) is 11.3 Å². The summed E-state index contributed by atoms with van der Waals surface area (Å²) in [5, 5.41) is 23.1. The van der Waals surface area contributed by atoms with E-state index in [1.807, 2.05) is 17.5 Å². The number of fused-ring (bicyclic) bond motifs is 1. The molecular formula is C24H19NO5S. The summed E-state index contributed by atoms with van der Waals surface area (Å²) in [4.78, 5) is 28.4. The van der Waals surface area contributed by atoms with Gasteiger partial charge in [0.1, 0.15) is 17.3 Å². The fraction of sp³-hybridized carbons (Fsp3) is 0.167. The number of ketones is 1. The van der Waals surface area contributed by atoms with E-state index in [0.29, 0.717) is 17.7 Å². The zero-order valence-electron chi connectivity index (χ0n) is 16.4. The Morgan fingerprint density at radius 1 is 1.13 bits per heavy atom. The second-order valence-electron chi connectivity index (χ2n) is 7.52. The van der Waals surface area contributed by atoms with Crippen molar-refractivity contribution in [2.45, 2.75) is 19.0 Å². The van der Waals surface area contributed by atoms with E-state index in [9.17, 15) is 19.8 Å². The van der Waals surface area contributed by atoms with Crippen molar-refractivity contribution in [1.29, 1.82) is 0 Å². The van der Waals surface area contributed by atoms with Gasteiger partial charge in [0.15, 0.2) is 0 Å². The lowest BCUT2D eigenvalue weighted by Gasteiger charge is -2.25. The molecule has 2 aliphatic heterocycles. The van der Waals surface area contributed by atoms with E-state index in [1.54, 1.807) is 30.3 Å². The number of rotatable bonds is 4. The second-order valence-corrected chi connectivity index (χ2v) is 8.55. The Hall–Kier alpha value is -3.58. The first-order chi connectivity index (χ1) is 15.0. The number of phenols is 1. The van der Waals surface area contributed by atoms with Gasteiger partial charge < -0.3 is 19.8 Å². The largest absolute Gasteiger partial charge is 0.508 e. The Kier molecular flexibility index (Phi) is 4.75. The van der Waals surface area contributed by atoms with E-state index in [-0.39, 0.29) is 23.6 Å². The van der Waals surface area contributed by atoms with Gasteiger partial charge in [-0.25, -0.2) is 0 Å². The van der Waals surface area contributed by atoms with Crippen LogP contribution in [0.2, 0.25) is 0 Å². The average Bonchev–Trinajstić information content (AvgIpc) is 3.50. The van der Waals surface area contributed by atoms with Crippen LogP contribution in [-0.2, 0) is 22.6 Å². The molecule has 2 aliphatic rings. The van der Waals surface area contributed by atoms with Gasteiger partial charge in [-0.1, -0.05) is 18.2 Å². The van der Waals surface area contributed by atoms with Gasteiger partial charge in [-0.3, -0.25) is 9.59 Å². The molecule has 0 bridgehead atoms. The SMILES string of the molecule is O=C1C(=O)N(Cc2cccs2)C(c2cccc(O)c2)/C1=C(/O)c1ccc2c(c1)CCO2. The zero-order valence-corrected chi connectivity index (χ0v) is 17.3. The molecule has 156 valence electrons. The summed E-state index contributed by atoms with van der Waals surface area (Å²) in [6.45, 7) is 0.811. The smallest absolute Gasteiger partial charge is 0.295 e. The lowest BCUT2D eigenvalue weighted by molar-refractivity contribution is -0.140. The quantitative estimate of drug-likeness (QED) is 0.369. The second kappa shape index (κ2) is 7.59. The summed E-state index contributed by atoms with van der Waals surface area (Å²) >= 11 is 1.49. The van der Waals surface area contributed by atoms with Crippen molar-refractivity contribution in [3.8, 4) is 11.5 Å². The van der Waals surface area contributed by atoms with E-state index >= 15 is 0 Å². The molecule has 31 heavy (non-hydrogen) atoms. The molecule has 3 aromatic rings. The highest BCUT2D eigenvalue weighted by Crippen LogP contribution is 2.42. The Labute approximate surface area is 182 Å². The topological polar surface area (TPSA) is 87.1 Å². The molecule has 1 fully saturated rings. The van der Waals surface area contributed by atoms with Crippen LogP contribution in [0.3, 0.4) is 0 Å². The van der Waals surface area contributed by atoms with Crippen LogP contribution in [0.5, 0.6) is 11.5 Å². The molecule has 2 N–H and O–H groups in total. The summed E-state index contributed by atoms with van der Waals surface area (Å²) in [7, 11) is 0. The molecule has 1 aromatic heterocycles. The maximum atomic E-state index is 13.1. The van der Waals surface area contributed by atoms with E-state index in [4.69, 9.17) is 4.74 Å². The highest BCUT2D eigenvalue weighted by atomic mass is 32.1. The molecule has 7 heteroatoms. The first kappa shape index (κ1) is 19.4.